The van der Waals surface area contributed by atoms with Gasteiger partial charge in [-0.25, -0.2) is 14.4 Å². The zero-order valence-corrected chi connectivity index (χ0v) is 18.0. The zero-order valence-electron chi connectivity index (χ0n) is 18.0. The molecule has 3 N–H and O–H groups in total. The number of anilines is 1. The van der Waals surface area contributed by atoms with Crippen molar-refractivity contribution in [3.8, 4) is 11.3 Å². The summed E-state index contributed by atoms with van der Waals surface area (Å²) in [6.07, 6.45) is 5.46. The van der Waals surface area contributed by atoms with E-state index in [9.17, 15) is 14.3 Å². The van der Waals surface area contributed by atoms with E-state index in [1.807, 2.05) is 30.7 Å². The van der Waals surface area contributed by atoms with Crippen LogP contribution in [0.15, 0.2) is 30.7 Å². The van der Waals surface area contributed by atoms with E-state index in [-0.39, 0.29) is 18.0 Å². The highest BCUT2D eigenvalue weighted by Gasteiger charge is 2.31. The molecule has 1 aliphatic rings. The zero-order chi connectivity index (χ0) is 22.6. The first-order chi connectivity index (χ1) is 15.4. The molecule has 4 aromatic heterocycles. The fraction of sp³-hybridized carbons (Fsp3) is 0.364. The van der Waals surface area contributed by atoms with Crippen LogP contribution in [0.5, 0.6) is 0 Å². The van der Waals surface area contributed by atoms with Crippen LogP contribution in [0.2, 0.25) is 0 Å². The Morgan fingerprint density at radius 3 is 2.72 bits per heavy atom. The van der Waals surface area contributed by atoms with Gasteiger partial charge in [0.15, 0.2) is 5.65 Å². The van der Waals surface area contributed by atoms with Crippen molar-refractivity contribution in [2.45, 2.75) is 44.9 Å². The summed E-state index contributed by atoms with van der Waals surface area (Å²) in [5.74, 6) is -0.144. The molecular formula is C22H24FN7O2. The molecule has 0 radical (unpaired) electrons. The van der Waals surface area contributed by atoms with Gasteiger partial charge in [-0.15, -0.1) is 0 Å². The second-order valence-electron chi connectivity index (χ2n) is 8.36. The lowest BCUT2D eigenvalue weighted by Crippen LogP contribution is -2.50. The van der Waals surface area contributed by atoms with E-state index in [4.69, 9.17) is 4.98 Å². The molecule has 4 aromatic rings. The SMILES string of the molecule is CNc1cc(-c2cn(C(C)C)c3ncc(F)cc23)nc2c(C(=O)N[C@@H]3CC[C@@H]3O)cnn12. The van der Waals surface area contributed by atoms with Crippen molar-refractivity contribution in [1.82, 2.24) is 29.5 Å². The van der Waals surface area contributed by atoms with Crippen LogP contribution >= 0.6 is 0 Å². The lowest BCUT2D eigenvalue weighted by Gasteiger charge is -2.32. The molecule has 4 heterocycles. The van der Waals surface area contributed by atoms with Gasteiger partial charge < -0.3 is 20.3 Å². The molecule has 0 bridgehead atoms. The Hall–Kier alpha value is -3.53. The number of nitrogens with zero attached hydrogens (tertiary/aromatic N) is 5. The van der Waals surface area contributed by atoms with Crippen molar-refractivity contribution in [2.24, 2.45) is 0 Å². The standard InChI is InChI=1S/C22H24FN7O2/c1-11(2)29-10-15(13-6-12(23)8-25-20(13)29)17-7-19(24-3)30-21(27-17)14(9-26-30)22(32)28-16-4-5-18(16)31/h6-11,16,18,24,31H,4-5H2,1-3H3,(H,28,32)/t16-,18+/m1/s1. The van der Waals surface area contributed by atoms with E-state index in [0.29, 0.717) is 45.7 Å². The lowest BCUT2D eigenvalue weighted by molar-refractivity contribution is 0.0448. The number of aliphatic hydroxyl groups is 1. The summed E-state index contributed by atoms with van der Waals surface area (Å²) in [5, 5.41) is 20.7. The van der Waals surface area contributed by atoms with Crippen LogP contribution in [-0.4, -0.2) is 54.4 Å². The molecule has 5 rings (SSSR count). The number of rotatable bonds is 5. The number of aromatic nitrogens is 5. The topological polar surface area (TPSA) is 109 Å². The Morgan fingerprint density at radius 2 is 2.06 bits per heavy atom. The number of fused-ring (bicyclic) bond motifs is 2. The maximum atomic E-state index is 14.1. The van der Waals surface area contributed by atoms with E-state index in [2.05, 4.69) is 20.7 Å². The molecule has 1 amide bonds. The first kappa shape index (κ1) is 20.4. The number of hydrogen-bond donors (Lipinski definition) is 3. The maximum absolute atomic E-state index is 14.1. The smallest absolute Gasteiger partial charge is 0.257 e. The van der Waals surface area contributed by atoms with Gasteiger partial charge >= 0.3 is 0 Å². The van der Waals surface area contributed by atoms with Crippen molar-refractivity contribution in [2.75, 3.05) is 12.4 Å². The van der Waals surface area contributed by atoms with Gasteiger partial charge in [-0.05, 0) is 32.8 Å². The summed E-state index contributed by atoms with van der Waals surface area (Å²) in [5.41, 5.74) is 2.61. The van der Waals surface area contributed by atoms with Gasteiger partial charge in [-0.2, -0.15) is 9.61 Å². The summed E-state index contributed by atoms with van der Waals surface area (Å²) < 4.78 is 17.6. The Labute approximate surface area is 183 Å². The predicted molar refractivity (Wildman–Crippen MR) is 118 cm³/mol. The van der Waals surface area contributed by atoms with Gasteiger partial charge in [0.05, 0.1) is 30.2 Å². The van der Waals surface area contributed by atoms with E-state index in [0.717, 1.165) is 6.42 Å². The minimum absolute atomic E-state index is 0.113. The fourth-order valence-corrected chi connectivity index (χ4v) is 4.04. The maximum Gasteiger partial charge on any atom is 0.257 e. The van der Waals surface area contributed by atoms with Gasteiger partial charge in [0.2, 0.25) is 0 Å². The first-order valence-electron chi connectivity index (χ1n) is 10.6. The molecule has 10 heteroatoms. The van der Waals surface area contributed by atoms with E-state index < -0.39 is 11.9 Å². The summed E-state index contributed by atoms with van der Waals surface area (Å²) >= 11 is 0. The van der Waals surface area contributed by atoms with Gasteiger partial charge in [0, 0.05) is 36.3 Å². The number of hydrogen-bond acceptors (Lipinski definition) is 6. The highest BCUT2D eigenvalue weighted by atomic mass is 19.1. The largest absolute Gasteiger partial charge is 0.391 e. The molecule has 0 aliphatic heterocycles. The van der Waals surface area contributed by atoms with Crippen LogP contribution in [0.3, 0.4) is 0 Å². The normalized spacial score (nSPS) is 18.3. The predicted octanol–water partition coefficient (Wildman–Crippen LogP) is 2.76. The number of carbonyl (C=O) groups excluding carboxylic acids is 1. The minimum atomic E-state index is -0.526. The van der Waals surface area contributed by atoms with Gasteiger partial charge in [0.25, 0.3) is 5.91 Å². The van der Waals surface area contributed by atoms with Gasteiger partial charge in [-0.3, -0.25) is 4.79 Å². The summed E-state index contributed by atoms with van der Waals surface area (Å²) in [4.78, 5) is 21.9. The fourth-order valence-electron chi connectivity index (χ4n) is 4.04. The monoisotopic (exact) mass is 437 g/mol. The van der Waals surface area contributed by atoms with Crippen molar-refractivity contribution in [3.63, 3.8) is 0 Å². The second kappa shape index (κ2) is 7.56. The van der Waals surface area contributed by atoms with Gasteiger partial charge in [-0.1, -0.05) is 0 Å². The molecule has 9 nitrogen and oxygen atoms in total. The Morgan fingerprint density at radius 1 is 1.25 bits per heavy atom. The van der Waals surface area contributed by atoms with E-state index >= 15 is 0 Å². The number of carbonyl (C=O) groups is 1. The van der Waals surface area contributed by atoms with Crippen molar-refractivity contribution >= 4 is 28.4 Å². The second-order valence-corrected chi connectivity index (χ2v) is 8.36. The molecule has 1 aliphatic carbocycles. The van der Waals surface area contributed by atoms with Crippen molar-refractivity contribution in [1.29, 1.82) is 0 Å². The Kier molecular flexibility index (Phi) is 4.81. The van der Waals surface area contributed by atoms with E-state index in [1.54, 1.807) is 11.6 Å². The number of halogens is 1. The molecule has 166 valence electrons. The summed E-state index contributed by atoms with van der Waals surface area (Å²) in [6, 6.07) is 3.11. The van der Waals surface area contributed by atoms with Crippen molar-refractivity contribution < 1.29 is 14.3 Å². The molecule has 0 spiro atoms. The third-order valence-corrected chi connectivity index (χ3v) is 6.00. The molecule has 1 saturated carbocycles. The molecule has 0 saturated heterocycles. The molecule has 1 fully saturated rings. The Bertz CT molecular complexity index is 1340. The van der Waals surface area contributed by atoms with E-state index in [1.165, 1.54) is 18.5 Å². The summed E-state index contributed by atoms with van der Waals surface area (Å²) in [6.45, 7) is 4.05. The summed E-state index contributed by atoms with van der Waals surface area (Å²) in [7, 11) is 1.75. The number of nitrogens with one attached hydrogen (secondary N) is 2. The third-order valence-electron chi connectivity index (χ3n) is 6.00. The molecule has 0 unspecified atom stereocenters. The van der Waals surface area contributed by atoms with Crippen LogP contribution in [0.25, 0.3) is 27.9 Å². The molecule has 2 atom stereocenters. The highest BCUT2D eigenvalue weighted by molar-refractivity contribution is 6.01. The molecule has 32 heavy (non-hydrogen) atoms. The number of pyridine rings is 1. The van der Waals surface area contributed by atoms with Gasteiger partial charge in [0.1, 0.15) is 22.8 Å². The lowest BCUT2D eigenvalue weighted by atomic mass is 9.89. The Balaban J connectivity index is 1.67. The molecular weight excluding hydrogens is 413 g/mol. The van der Waals surface area contributed by atoms with Crippen LogP contribution in [-0.2, 0) is 0 Å². The van der Waals surface area contributed by atoms with Crippen LogP contribution < -0.4 is 10.6 Å². The van der Waals surface area contributed by atoms with Crippen LogP contribution in [0.1, 0.15) is 43.1 Å². The number of aliphatic hydroxyl groups excluding tert-OH is 1. The van der Waals surface area contributed by atoms with Crippen molar-refractivity contribution in [3.05, 3.63) is 42.1 Å². The number of amides is 1. The van der Waals surface area contributed by atoms with Crippen LogP contribution in [0, 0.1) is 5.82 Å². The molecule has 0 aromatic carbocycles. The van der Waals surface area contributed by atoms with Crippen LogP contribution in [0.4, 0.5) is 10.2 Å². The first-order valence-corrected chi connectivity index (χ1v) is 10.6. The third kappa shape index (κ3) is 3.18. The quantitative estimate of drug-likeness (QED) is 0.443. The minimum Gasteiger partial charge on any atom is -0.391 e. The average molecular weight is 437 g/mol. The average Bonchev–Trinajstić information content (AvgIpc) is 3.37. The highest BCUT2D eigenvalue weighted by Crippen LogP contribution is 2.33.